The minimum absolute atomic E-state index is 0.710. The fourth-order valence-corrected chi connectivity index (χ4v) is 1.52. The van der Waals surface area contributed by atoms with E-state index in [9.17, 15) is 0 Å². The lowest BCUT2D eigenvalue weighted by molar-refractivity contribution is 0.239. The van der Waals surface area contributed by atoms with Crippen LogP contribution in [0.25, 0.3) is 0 Å². The Morgan fingerprint density at radius 1 is 1.46 bits per heavy atom. The van der Waals surface area contributed by atoms with Crippen molar-refractivity contribution in [2.45, 2.75) is 13.0 Å². The zero-order chi connectivity index (χ0) is 8.93. The molecule has 1 aromatic heterocycles. The Kier molecular flexibility index (Phi) is 2.89. The van der Waals surface area contributed by atoms with E-state index in [1.165, 1.54) is 12.7 Å². The van der Waals surface area contributed by atoms with Crippen LogP contribution in [0.15, 0.2) is 10.9 Å². The molecule has 1 fully saturated rings. The second-order valence-corrected chi connectivity index (χ2v) is 3.21. The van der Waals surface area contributed by atoms with Crippen molar-refractivity contribution in [3.05, 3.63) is 12.2 Å². The third-order valence-electron chi connectivity index (χ3n) is 2.20. The maximum atomic E-state index is 4.95. The molecule has 2 rings (SSSR count). The van der Waals surface area contributed by atoms with Crippen molar-refractivity contribution in [1.29, 1.82) is 0 Å². The largest absolute Gasteiger partial charge is 0.338 e. The predicted octanol–water partition coefficient (Wildman–Crippen LogP) is -0.135. The highest BCUT2D eigenvalue weighted by molar-refractivity contribution is 4.76. The molecule has 2 heterocycles. The van der Waals surface area contributed by atoms with Gasteiger partial charge in [-0.25, -0.2) is 0 Å². The predicted molar refractivity (Wildman–Crippen MR) is 47.1 cm³/mol. The van der Waals surface area contributed by atoms with Gasteiger partial charge in [-0.05, 0) is 19.5 Å². The van der Waals surface area contributed by atoms with Gasteiger partial charge in [0.2, 0.25) is 5.89 Å². The molecule has 72 valence electrons. The first-order chi connectivity index (χ1) is 6.45. The summed E-state index contributed by atoms with van der Waals surface area (Å²) in [6.45, 7) is 5.11. The van der Waals surface area contributed by atoms with Gasteiger partial charge < -0.3 is 9.84 Å². The normalized spacial score (nSPS) is 20.0. The van der Waals surface area contributed by atoms with Gasteiger partial charge in [0.1, 0.15) is 0 Å². The molecule has 1 aliphatic heterocycles. The molecule has 0 amide bonds. The molecule has 0 spiro atoms. The van der Waals surface area contributed by atoms with Crippen LogP contribution in [0.5, 0.6) is 0 Å². The van der Waals surface area contributed by atoms with E-state index in [-0.39, 0.29) is 0 Å². The van der Waals surface area contributed by atoms with E-state index < -0.39 is 0 Å². The molecule has 0 saturated carbocycles. The third kappa shape index (κ3) is 2.50. The summed E-state index contributed by atoms with van der Waals surface area (Å²) in [6.07, 6.45) is 2.64. The van der Waals surface area contributed by atoms with Gasteiger partial charge in [0.25, 0.3) is 0 Å². The van der Waals surface area contributed by atoms with E-state index in [1.807, 2.05) is 0 Å². The Morgan fingerprint density at radius 3 is 3.31 bits per heavy atom. The summed E-state index contributed by atoms with van der Waals surface area (Å²) in [5.41, 5.74) is 0. The van der Waals surface area contributed by atoms with Gasteiger partial charge in [0.15, 0.2) is 6.33 Å². The fraction of sp³-hybridized carbons (Fsp3) is 0.750. The molecule has 0 bridgehead atoms. The lowest BCUT2D eigenvalue weighted by Gasteiger charge is -2.16. The highest BCUT2D eigenvalue weighted by Crippen LogP contribution is 2.01. The van der Waals surface area contributed by atoms with Gasteiger partial charge in [0, 0.05) is 13.1 Å². The van der Waals surface area contributed by atoms with Gasteiger partial charge in [-0.3, -0.25) is 4.90 Å². The first kappa shape index (κ1) is 8.65. The fourth-order valence-electron chi connectivity index (χ4n) is 1.52. The van der Waals surface area contributed by atoms with Crippen molar-refractivity contribution >= 4 is 0 Å². The van der Waals surface area contributed by atoms with Crippen LogP contribution in [-0.4, -0.2) is 41.2 Å². The Hall–Kier alpha value is -0.940. The van der Waals surface area contributed by atoms with E-state index in [4.69, 9.17) is 4.52 Å². The molecular weight excluding hydrogens is 168 g/mol. The van der Waals surface area contributed by atoms with E-state index in [0.717, 1.165) is 32.7 Å². The summed E-state index contributed by atoms with van der Waals surface area (Å²) in [5.74, 6) is 0.710. The summed E-state index contributed by atoms with van der Waals surface area (Å²) in [5, 5.41) is 6.93. The number of nitrogens with one attached hydrogen (secondary N) is 1. The molecule has 13 heavy (non-hydrogen) atoms. The Balaban J connectivity index is 1.86. The third-order valence-corrected chi connectivity index (χ3v) is 2.20. The average molecular weight is 182 g/mol. The molecule has 0 aromatic carbocycles. The van der Waals surface area contributed by atoms with Crippen LogP contribution < -0.4 is 5.32 Å². The summed E-state index contributed by atoms with van der Waals surface area (Å²) in [6, 6.07) is 0. The van der Waals surface area contributed by atoms with E-state index in [0.29, 0.717) is 5.89 Å². The minimum atomic E-state index is 0.710. The Morgan fingerprint density at radius 2 is 2.46 bits per heavy atom. The average Bonchev–Trinajstić information content (AvgIpc) is 2.49. The number of aromatic nitrogens is 2. The standard InChI is InChI=1S/C8H14N4O/c1-2-9-3-5-12(4-1)6-8-10-7-11-13-8/h7,9H,1-6H2. The number of rotatable bonds is 2. The molecule has 1 N–H and O–H groups in total. The molecule has 5 nitrogen and oxygen atoms in total. The molecule has 0 aliphatic carbocycles. The molecule has 1 aliphatic rings. The van der Waals surface area contributed by atoms with Crippen LogP contribution in [-0.2, 0) is 6.54 Å². The van der Waals surface area contributed by atoms with Gasteiger partial charge in [-0.1, -0.05) is 5.16 Å². The minimum Gasteiger partial charge on any atom is -0.338 e. The molecule has 1 aromatic rings. The summed E-state index contributed by atoms with van der Waals surface area (Å²) in [7, 11) is 0. The van der Waals surface area contributed by atoms with Crippen molar-refractivity contribution in [2.24, 2.45) is 0 Å². The van der Waals surface area contributed by atoms with E-state index >= 15 is 0 Å². The summed E-state index contributed by atoms with van der Waals surface area (Å²) < 4.78 is 4.95. The summed E-state index contributed by atoms with van der Waals surface area (Å²) in [4.78, 5) is 6.33. The van der Waals surface area contributed by atoms with Crippen LogP contribution in [0.2, 0.25) is 0 Å². The lowest BCUT2D eigenvalue weighted by atomic mass is 10.4. The van der Waals surface area contributed by atoms with Crippen molar-refractivity contribution in [1.82, 2.24) is 20.4 Å². The highest BCUT2D eigenvalue weighted by Gasteiger charge is 2.11. The molecule has 5 heteroatoms. The zero-order valence-electron chi connectivity index (χ0n) is 7.57. The Bertz CT molecular complexity index is 228. The van der Waals surface area contributed by atoms with Crippen LogP contribution in [0, 0.1) is 0 Å². The highest BCUT2D eigenvalue weighted by atomic mass is 16.5. The first-order valence-electron chi connectivity index (χ1n) is 4.64. The molecule has 0 unspecified atom stereocenters. The number of hydrogen-bond acceptors (Lipinski definition) is 5. The van der Waals surface area contributed by atoms with Crippen molar-refractivity contribution in [2.75, 3.05) is 26.2 Å². The lowest BCUT2D eigenvalue weighted by Crippen LogP contribution is -2.27. The van der Waals surface area contributed by atoms with Gasteiger partial charge in [-0.2, -0.15) is 4.98 Å². The topological polar surface area (TPSA) is 54.2 Å². The smallest absolute Gasteiger partial charge is 0.240 e. The van der Waals surface area contributed by atoms with Gasteiger partial charge in [-0.15, -0.1) is 0 Å². The maximum absolute atomic E-state index is 4.95. The van der Waals surface area contributed by atoms with Crippen molar-refractivity contribution in [3.63, 3.8) is 0 Å². The quantitative estimate of drug-likeness (QED) is 0.690. The van der Waals surface area contributed by atoms with Crippen LogP contribution in [0.4, 0.5) is 0 Å². The van der Waals surface area contributed by atoms with E-state index in [1.54, 1.807) is 0 Å². The van der Waals surface area contributed by atoms with Gasteiger partial charge in [0.05, 0.1) is 6.54 Å². The second kappa shape index (κ2) is 4.34. The van der Waals surface area contributed by atoms with Crippen LogP contribution in [0.1, 0.15) is 12.3 Å². The van der Waals surface area contributed by atoms with Crippen molar-refractivity contribution < 1.29 is 4.52 Å². The second-order valence-electron chi connectivity index (χ2n) is 3.21. The van der Waals surface area contributed by atoms with Crippen LogP contribution >= 0.6 is 0 Å². The monoisotopic (exact) mass is 182 g/mol. The SMILES string of the molecule is c1noc(CN2CCCNCC2)n1. The first-order valence-corrected chi connectivity index (χ1v) is 4.64. The molecule has 1 saturated heterocycles. The molecule has 0 atom stereocenters. The Labute approximate surface area is 77.1 Å². The molecule has 0 radical (unpaired) electrons. The van der Waals surface area contributed by atoms with Crippen LogP contribution in [0.3, 0.4) is 0 Å². The summed E-state index contributed by atoms with van der Waals surface area (Å²) >= 11 is 0. The van der Waals surface area contributed by atoms with E-state index in [2.05, 4.69) is 20.4 Å². The number of hydrogen-bond donors (Lipinski definition) is 1. The molecular formula is C8H14N4O. The maximum Gasteiger partial charge on any atom is 0.240 e. The van der Waals surface area contributed by atoms with Crippen molar-refractivity contribution in [3.8, 4) is 0 Å². The zero-order valence-corrected chi connectivity index (χ0v) is 7.57. The number of nitrogens with zero attached hydrogens (tertiary/aromatic N) is 3. The van der Waals surface area contributed by atoms with Gasteiger partial charge >= 0.3 is 0 Å².